The van der Waals surface area contributed by atoms with Crippen molar-refractivity contribution in [3.8, 4) is 11.5 Å². The lowest BCUT2D eigenvalue weighted by Crippen LogP contribution is -1.97. The molecule has 17 heavy (non-hydrogen) atoms. The Labute approximate surface area is 108 Å². The van der Waals surface area contributed by atoms with Crippen LogP contribution in [-0.2, 0) is 0 Å². The van der Waals surface area contributed by atoms with E-state index in [0.29, 0.717) is 18.1 Å². The minimum absolute atomic E-state index is 0.329. The van der Waals surface area contributed by atoms with Crippen molar-refractivity contribution in [2.24, 2.45) is 0 Å². The Balaban J connectivity index is 2.37. The summed E-state index contributed by atoms with van der Waals surface area (Å²) in [6.45, 7) is 3.87. The van der Waals surface area contributed by atoms with Gasteiger partial charge in [-0.2, -0.15) is 4.98 Å². The minimum Gasteiger partial charge on any atom is -0.385 e. The number of aliphatic hydroxyl groups is 1. The van der Waals surface area contributed by atoms with Gasteiger partial charge in [-0.15, -0.1) is 0 Å². The van der Waals surface area contributed by atoms with E-state index in [1.807, 2.05) is 32.0 Å². The first-order valence-corrected chi connectivity index (χ1v) is 6.19. The molecule has 0 radical (unpaired) electrons. The van der Waals surface area contributed by atoms with E-state index in [1.54, 1.807) is 0 Å². The van der Waals surface area contributed by atoms with Crippen LogP contribution in [0.5, 0.6) is 0 Å². The van der Waals surface area contributed by atoms with Crippen molar-refractivity contribution in [3.05, 3.63) is 34.1 Å². The lowest BCUT2D eigenvalue weighted by Gasteiger charge is -2.00. The summed E-state index contributed by atoms with van der Waals surface area (Å²) in [5.41, 5.74) is 1.98. The molecule has 0 saturated heterocycles. The SMILES string of the molecule is CCC(O)c1noc(-c2ccc(C)cc2Br)n1. The predicted molar refractivity (Wildman–Crippen MR) is 67.4 cm³/mol. The third-order valence-electron chi connectivity index (χ3n) is 2.48. The van der Waals surface area contributed by atoms with E-state index >= 15 is 0 Å². The van der Waals surface area contributed by atoms with Crippen molar-refractivity contribution in [1.82, 2.24) is 10.1 Å². The van der Waals surface area contributed by atoms with Crippen LogP contribution in [0.3, 0.4) is 0 Å². The van der Waals surface area contributed by atoms with Gasteiger partial charge in [0.2, 0.25) is 5.82 Å². The number of rotatable bonds is 3. The summed E-state index contributed by atoms with van der Waals surface area (Å²) in [6.07, 6.45) is -0.106. The average molecular weight is 297 g/mol. The molecule has 2 rings (SSSR count). The number of aryl methyl sites for hydroxylation is 1. The van der Waals surface area contributed by atoms with Gasteiger partial charge in [-0.3, -0.25) is 0 Å². The normalized spacial score (nSPS) is 12.7. The molecule has 0 aliphatic heterocycles. The second-order valence-corrected chi connectivity index (χ2v) is 4.72. The molecule has 0 bridgehead atoms. The fourth-order valence-corrected chi connectivity index (χ4v) is 2.12. The lowest BCUT2D eigenvalue weighted by molar-refractivity contribution is 0.159. The van der Waals surface area contributed by atoms with Crippen LogP contribution in [0.15, 0.2) is 27.2 Å². The van der Waals surface area contributed by atoms with E-state index in [-0.39, 0.29) is 0 Å². The predicted octanol–water partition coefficient (Wildman–Crippen LogP) is 3.25. The van der Waals surface area contributed by atoms with Gasteiger partial charge in [-0.25, -0.2) is 0 Å². The highest BCUT2D eigenvalue weighted by Crippen LogP contribution is 2.28. The number of aromatic nitrogens is 2. The zero-order valence-corrected chi connectivity index (χ0v) is 11.2. The maximum Gasteiger partial charge on any atom is 0.259 e. The first kappa shape index (κ1) is 12.3. The number of nitrogens with zero attached hydrogens (tertiary/aromatic N) is 2. The van der Waals surface area contributed by atoms with Gasteiger partial charge < -0.3 is 9.63 Å². The molecule has 0 aliphatic carbocycles. The molecule has 0 amide bonds. The van der Waals surface area contributed by atoms with Crippen molar-refractivity contribution < 1.29 is 9.63 Å². The Morgan fingerprint density at radius 3 is 2.88 bits per heavy atom. The Morgan fingerprint density at radius 1 is 1.47 bits per heavy atom. The summed E-state index contributed by atoms with van der Waals surface area (Å²) >= 11 is 3.46. The molecule has 4 nitrogen and oxygen atoms in total. The fourth-order valence-electron chi connectivity index (χ4n) is 1.46. The van der Waals surface area contributed by atoms with Crippen molar-refractivity contribution in [3.63, 3.8) is 0 Å². The van der Waals surface area contributed by atoms with Gasteiger partial charge in [0.1, 0.15) is 6.10 Å². The maximum atomic E-state index is 9.61. The number of halogens is 1. The van der Waals surface area contributed by atoms with Gasteiger partial charge in [-0.05, 0) is 47.0 Å². The van der Waals surface area contributed by atoms with Gasteiger partial charge in [0.05, 0.1) is 5.56 Å². The Morgan fingerprint density at radius 2 is 2.24 bits per heavy atom. The van der Waals surface area contributed by atoms with Crippen LogP contribution < -0.4 is 0 Å². The number of aliphatic hydroxyl groups excluding tert-OH is 1. The summed E-state index contributed by atoms with van der Waals surface area (Å²) in [7, 11) is 0. The summed E-state index contributed by atoms with van der Waals surface area (Å²) < 4.78 is 6.04. The van der Waals surface area contributed by atoms with E-state index in [9.17, 15) is 5.11 Å². The maximum absolute atomic E-state index is 9.61. The molecule has 90 valence electrons. The Kier molecular flexibility index (Phi) is 3.59. The molecule has 1 atom stereocenters. The number of benzene rings is 1. The molecule has 0 spiro atoms. The average Bonchev–Trinajstić information content (AvgIpc) is 2.77. The highest BCUT2D eigenvalue weighted by molar-refractivity contribution is 9.10. The van der Waals surface area contributed by atoms with E-state index in [1.165, 1.54) is 0 Å². The summed E-state index contributed by atoms with van der Waals surface area (Å²) in [5, 5.41) is 13.4. The van der Waals surface area contributed by atoms with Crippen molar-refractivity contribution >= 4 is 15.9 Å². The Hall–Kier alpha value is -1.20. The van der Waals surface area contributed by atoms with Crippen LogP contribution in [0.4, 0.5) is 0 Å². The Bertz CT molecular complexity index is 525. The van der Waals surface area contributed by atoms with Crippen LogP contribution >= 0.6 is 15.9 Å². The molecule has 1 N–H and O–H groups in total. The molecule has 0 aliphatic rings. The molecular weight excluding hydrogens is 284 g/mol. The molecule has 1 unspecified atom stereocenters. The van der Waals surface area contributed by atoms with Crippen LogP contribution in [-0.4, -0.2) is 15.2 Å². The van der Waals surface area contributed by atoms with Gasteiger partial charge in [0.15, 0.2) is 0 Å². The van der Waals surface area contributed by atoms with Gasteiger partial charge in [0.25, 0.3) is 5.89 Å². The van der Waals surface area contributed by atoms with E-state index < -0.39 is 6.10 Å². The second-order valence-electron chi connectivity index (χ2n) is 3.87. The van der Waals surface area contributed by atoms with Gasteiger partial charge in [-0.1, -0.05) is 18.1 Å². The summed E-state index contributed by atoms with van der Waals surface area (Å²) in [4.78, 5) is 4.18. The van der Waals surface area contributed by atoms with E-state index in [2.05, 4.69) is 26.1 Å². The molecule has 0 saturated carbocycles. The lowest BCUT2D eigenvalue weighted by atomic mass is 10.1. The first-order valence-electron chi connectivity index (χ1n) is 5.40. The third kappa shape index (κ3) is 2.56. The van der Waals surface area contributed by atoms with Crippen LogP contribution in [0.1, 0.15) is 30.8 Å². The van der Waals surface area contributed by atoms with Crippen LogP contribution in [0, 0.1) is 6.92 Å². The molecule has 1 aromatic carbocycles. The molecule has 0 fully saturated rings. The quantitative estimate of drug-likeness (QED) is 0.944. The second kappa shape index (κ2) is 4.98. The highest BCUT2D eigenvalue weighted by atomic mass is 79.9. The zero-order valence-electron chi connectivity index (χ0n) is 9.64. The molecular formula is C12H13BrN2O2. The monoisotopic (exact) mass is 296 g/mol. The molecule has 1 heterocycles. The standard InChI is InChI=1S/C12H13BrN2O2/c1-3-10(16)11-14-12(17-15-11)8-5-4-7(2)6-9(8)13/h4-6,10,16H,3H2,1-2H3. The van der Waals surface area contributed by atoms with E-state index in [4.69, 9.17) is 4.52 Å². The van der Waals surface area contributed by atoms with Gasteiger partial charge >= 0.3 is 0 Å². The van der Waals surface area contributed by atoms with Crippen LogP contribution in [0.25, 0.3) is 11.5 Å². The number of hydrogen-bond acceptors (Lipinski definition) is 4. The highest BCUT2D eigenvalue weighted by Gasteiger charge is 2.16. The smallest absolute Gasteiger partial charge is 0.259 e. The minimum atomic E-state index is -0.670. The first-order chi connectivity index (χ1) is 8.11. The van der Waals surface area contributed by atoms with Crippen molar-refractivity contribution in [2.45, 2.75) is 26.4 Å². The topological polar surface area (TPSA) is 59.2 Å². The fraction of sp³-hybridized carbons (Fsp3) is 0.333. The van der Waals surface area contributed by atoms with Crippen LogP contribution in [0.2, 0.25) is 0 Å². The molecule has 1 aromatic heterocycles. The van der Waals surface area contributed by atoms with E-state index in [0.717, 1.165) is 15.6 Å². The van der Waals surface area contributed by atoms with Gasteiger partial charge in [0, 0.05) is 4.47 Å². The largest absolute Gasteiger partial charge is 0.385 e. The van der Waals surface area contributed by atoms with Crippen molar-refractivity contribution in [1.29, 1.82) is 0 Å². The third-order valence-corrected chi connectivity index (χ3v) is 3.14. The summed E-state index contributed by atoms with van der Waals surface area (Å²) in [6, 6.07) is 5.87. The number of hydrogen-bond donors (Lipinski definition) is 1. The zero-order chi connectivity index (χ0) is 12.4. The molecule has 2 aromatic rings. The van der Waals surface area contributed by atoms with Crippen molar-refractivity contribution in [2.75, 3.05) is 0 Å². The molecule has 5 heteroatoms. The summed E-state index contributed by atoms with van der Waals surface area (Å²) in [5.74, 6) is 0.745.